The zero-order valence-electron chi connectivity index (χ0n) is 13.9. The van der Waals surface area contributed by atoms with Crippen molar-refractivity contribution in [2.45, 2.75) is 25.4 Å². The van der Waals surface area contributed by atoms with E-state index in [1.54, 1.807) is 19.3 Å². The highest BCUT2D eigenvalue weighted by Gasteiger charge is 2.22. The van der Waals surface area contributed by atoms with Gasteiger partial charge in [0.15, 0.2) is 0 Å². The molecule has 0 saturated carbocycles. The van der Waals surface area contributed by atoms with Crippen molar-refractivity contribution in [3.05, 3.63) is 70.1 Å². The molecular formula is C19H23N3O2. The van der Waals surface area contributed by atoms with Crippen LogP contribution in [0.4, 0.5) is 0 Å². The van der Waals surface area contributed by atoms with E-state index < -0.39 is 0 Å². The highest BCUT2D eigenvalue weighted by Crippen LogP contribution is 2.14. The molecule has 0 spiro atoms. The SMILES string of the molecule is Cn1cc(C(=O)NC2CCCN(Cc3ccccc3)C2)ccc1=O. The van der Waals surface area contributed by atoms with E-state index in [1.807, 2.05) is 6.07 Å². The first kappa shape index (κ1) is 16.5. The smallest absolute Gasteiger partial charge is 0.253 e. The van der Waals surface area contributed by atoms with Crippen LogP contribution in [0, 0.1) is 0 Å². The lowest BCUT2D eigenvalue weighted by Gasteiger charge is -2.33. The van der Waals surface area contributed by atoms with Crippen LogP contribution in [-0.4, -0.2) is 34.5 Å². The Morgan fingerprint density at radius 3 is 2.75 bits per heavy atom. The predicted octanol–water partition coefficient (Wildman–Crippen LogP) is 1.78. The van der Waals surface area contributed by atoms with Crippen LogP contribution in [0.1, 0.15) is 28.8 Å². The van der Waals surface area contributed by atoms with Gasteiger partial charge in [0.25, 0.3) is 5.91 Å². The number of pyridine rings is 1. The Kier molecular flexibility index (Phi) is 5.11. The van der Waals surface area contributed by atoms with Gasteiger partial charge in [0.1, 0.15) is 0 Å². The summed E-state index contributed by atoms with van der Waals surface area (Å²) in [6.45, 7) is 2.82. The van der Waals surface area contributed by atoms with Crippen LogP contribution in [0.15, 0.2) is 53.5 Å². The summed E-state index contributed by atoms with van der Waals surface area (Å²) >= 11 is 0. The van der Waals surface area contributed by atoms with Crippen LogP contribution < -0.4 is 10.9 Å². The summed E-state index contributed by atoms with van der Waals surface area (Å²) in [5.74, 6) is -0.114. The van der Waals surface area contributed by atoms with Gasteiger partial charge < -0.3 is 9.88 Å². The maximum absolute atomic E-state index is 12.4. The van der Waals surface area contributed by atoms with Crippen molar-refractivity contribution in [3.63, 3.8) is 0 Å². The van der Waals surface area contributed by atoms with E-state index in [-0.39, 0.29) is 17.5 Å². The lowest BCUT2D eigenvalue weighted by Crippen LogP contribution is -2.47. The fraction of sp³-hybridized carbons (Fsp3) is 0.368. The first-order valence-electron chi connectivity index (χ1n) is 8.35. The van der Waals surface area contributed by atoms with Gasteiger partial charge in [0.05, 0.1) is 5.56 Å². The standard InChI is InChI=1S/C19H23N3O2/c1-21-13-16(9-10-18(21)23)19(24)20-17-8-5-11-22(14-17)12-15-6-3-2-4-7-15/h2-4,6-7,9-10,13,17H,5,8,11-12,14H2,1H3,(H,20,24). The summed E-state index contributed by atoms with van der Waals surface area (Å²) in [6, 6.07) is 13.6. The van der Waals surface area contributed by atoms with Crippen LogP contribution in [0.3, 0.4) is 0 Å². The van der Waals surface area contributed by atoms with Crippen molar-refractivity contribution in [2.75, 3.05) is 13.1 Å². The maximum atomic E-state index is 12.4. The number of carbonyl (C=O) groups excluding carboxylic acids is 1. The fourth-order valence-corrected chi connectivity index (χ4v) is 3.16. The van der Waals surface area contributed by atoms with Gasteiger partial charge in [-0.2, -0.15) is 0 Å². The molecule has 1 amide bonds. The van der Waals surface area contributed by atoms with Gasteiger partial charge in [-0.05, 0) is 31.0 Å². The minimum atomic E-state index is -0.114. The zero-order chi connectivity index (χ0) is 16.9. The van der Waals surface area contributed by atoms with Gasteiger partial charge in [-0.25, -0.2) is 0 Å². The Labute approximate surface area is 141 Å². The average Bonchev–Trinajstić information content (AvgIpc) is 2.58. The molecular weight excluding hydrogens is 302 g/mol. The molecule has 1 fully saturated rings. The molecule has 5 nitrogen and oxygen atoms in total. The number of aromatic nitrogens is 1. The molecule has 3 rings (SSSR count). The summed E-state index contributed by atoms with van der Waals surface area (Å²) < 4.78 is 1.43. The largest absolute Gasteiger partial charge is 0.348 e. The van der Waals surface area contributed by atoms with Crippen LogP contribution >= 0.6 is 0 Å². The van der Waals surface area contributed by atoms with Crippen LogP contribution in [0.25, 0.3) is 0 Å². The summed E-state index contributed by atoms with van der Waals surface area (Å²) in [5, 5.41) is 3.10. The van der Waals surface area contributed by atoms with E-state index in [0.717, 1.165) is 32.5 Å². The number of piperidine rings is 1. The lowest BCUT2D eigenvalue weighted by molar-refractivity contribution is 0.0900. The number of benzene rings is 1. The van der Waals surface area contributed by atoms with Crippen molar-refractivity contribution in [2.24, 2.45) is 7.05 Å². The summed E-state index contributed by atoms with van der Waals surface area (Å²) in [6.07, 6.45) is 3.65. The van der Waals surface area contributed by atoms with Crippen molar-refractivity contribution < 1.29 is 4.79 Å². The van der Waals surface area contributed by atoms with Crippen LogP contribution in [0.5, 0.6) is 0 Å². The molecule has 1 aromatic heterocycles. The Morgan fingerprint density at radius 2 is 2.00 bits per heavy atom. The maximum Gasteiger partial charge on any atom is 0.253 e. The number of carbonyl (C=O) groups is 1. The molecule has 126 valence electrons. The number of nitrogens with one attached hydrogen (secondary N) is 1. The molecule has 1 saturated heterocycles. The van der Waals surface area contributed by atoms with E-state index in [0.29, 0.717) is 5.56 Å². The van der Waals surface area contributed by atoms with E-state index in [1.165, 1.54) is 16.2 Å². The molecule has 1 unspecified atom stereocenters. The minimum Gasteiger partial charge on any atom is -0.348 e. The van der Waals surface area contributed by atoms with E-state index >= 15 is 0 Å². The monoisotopic (exact) mass is 325 g/mol. The molecule has 24 heavy (non-hydrogen) atoms. The number of rotatable bonds is 4. The first-order valence-corrected chi connectivity index (χ1v) is 8.35. The van der Waals surface area contributed by atoms with Gasteiger partial charge in [-0.1, -0.05) is 30.3 Å². The normalized spacial score (nSPS) is 18.3. The molecule has 1 aromatic carbocycles. The van der Waals surface area contributed by atoms with Crippen molar-refractivity contribution in [1.82, 2.24) is 14.8 Å². The van der Waals surface area contributed by atoms with Gasteiger partial charge in [-0.15, -0.1) is 0 Å². The van der Waals surface area contributed by atoms with Gasteiger partial charge >= 0.3 is 0 Å². The van der Waals surface area contributed by atoms with E-state index in [2.05, 4.69) is 34.5 Å². The molecule has 1 aliphatic rings. The Balaban J connectivity index is 1.59. The predicted molar refractivity (Wildman–Crippen MR) is 93.9 cm³/mol. The third-order valence-corrected chi connectivity index (χ3v) is 4.44. The number of nitrogens with zero attached hydrogens (tertiary/aromatic N) is 2. The number of hydrogen-bond acceptors (Lipinski definition) is 3. The fourth-order valence-electron chi connectivity index (χ4n) is 3.16. The van der Waals surface area contributed by atoms with E-state index in [9.17, 15) is 9.59 Å². The zero-order valence-corrected chi connectivity index (χ0v) is 13.9. The topological polar surface area (TPSA) is 54.3 Å². The van der Waals surface area contributed by atoms with Crippen molar-refractivity contribution >= 4 is 5.91 Å². The molecule has 2 aromatic rings. The molecule has 0 radical (unpaired) electrons. The summed E-state index contributed by atoms with van der Waals surface area (Å²) in [4.78, 5) is 26.2. The van der Waals surface area contributed by atoms with Crippen LogP contribution in [0.2, 0.25) is 0 Å². The average molecular weight is 325 g/mol. The Morgan fingerprint density at radius 1 is 1.21 bits per heavy atom. The molecule has 1 atom stereocenters. The van der Waals surface area contributed by atoms with Gasteiger partial charge in [-0.3, -0.25) is 14.5 Å². The Bertz CT molecular complexity index is 755. The second kappa shape index (κ2) is 7.45. The summed E-state index contributed by atoms with van der Waals surface area (Å²) in [7, 11) is 1.65. The highest BCUT2D eigenvalue weighted by atomic mass is 16.2. The number of likely N-dealkylation sites (tertiary alicyclic amines) is 1. The second-order valence-electron chi connectivity index (χ2n) is 6.40. The Hall–Kier alpha value is -2.40. The quantitative estimate of drug-likeness (QED) is 0.932. The van der Waals surface area contributed by atoms with Gasteiger partial charge in [0.2, 0.25) is 5.56 Å². The minimum absolute atomic E-state index is 0.113. The lowest BCUT2D eigenvalue weighted by atomic mass is 10.0. The number of amides is 1. The summed E-state index contributed by atoms with van der Waals surface area (Å²) in [5.41, 5.74) is 1.71. The molecule has 0 aliphatic carbocycles. The third kappa shape index (κ3) is 4.11. The number of hydrogen-bond donors (Lipinski definition) is 1. The van der Waals surface area contributed by atoms with Crippen molar-refractivity contribution in [1.29, 1.82) is 0 Å². The molecule has 5 heteroatoms. The molecule has 2 heterocycles. The first-order chi connectivity index (χ1) is 11.6. The van der Waals surface area contributed by atoms with Crippen LogP contribution in [-0.2, 0) is 13.6 Å². The molecule has 1 N–H and O–H groups in total. The third-order valence-electron chi connectivity index (χ3n) is 4.44. The molecule has 1 aliphatic heterocycles. The highest BCUT2D eigenvalue weighted by molar-refractivity contribution is 5.94. The van der Waals surface area contributed by atoms with E-state index in [4.69, 9.17) is 0 Å². The molecule has 0 bridgehead atoms. The second-order valence-corrected chi connectivity index (χ2v) is 6.40. The van der Waals surface area contributed by atoms with Gasteiger partial charge in [0, 0.05) is 38.4 Å². The van der Waals surface area contributed by atoms with Crippen molar-refractivity contribution in [3.8, 4) is 0 Å². The number of aryl methyl sites for hydroxylation is 1.